The predicted molar refractivity (Wildman–Crippen MR) is 70.7 cm³/mol. The Morgan fingerprint density at radius 3 is 2.71 bits per heavy atom. The van der Waals surface area contributed by atoms with E-state index in [-0.39, 0.29) is 11.8 Å². The first-order valence-electron chi connectivity index (χ1n) is 5.34. The summed E-state index contributed by atoms with van der Waals surface area (Å²) in [5.41, 5.74) is 0.852. The van der Waals surface area contributed by atoms with E-state index in [9.17, 15) is 8.42 Å². The third-order valence-electron chi connectivity index (χ3n) is 2.33. The largest absolute Gasteiger partial charge is 0.319 e. The lowest BCUT2D eigenvalue weighted by Gasteiger charge is -2.14. The second kappa shape index (κ2) is 6.35. The van der Waals surface area contributed by atoms with Gasteiger partial charge < -0.3 is 5.32 Å². The molecule has 1 aromatic rings. The summed E-state index contributed by atoms with van der Waals surface area (Å²) >= 11 is 5.86. The predicted octanol–water partition coefficient (Wildman–Crippen LogP) is 1.54. The van der Waals surface area contributed by atoms with Crippen LogP contribution in [0.25, 0.3) is 0 Å². The van der Waals surface area contributed by atoms with Crippen LogP contribution in [0.3, 0.4) is 0 Å². The van der Waals surface area contributed by atoms with E-state index in [4.69, 9.17) is 11.6 Å². The van der Waals surface area contributed by atoms with Gasteiger partial charge in [-0.15, -0.1) is 0 Å². The Balaban J connectivity index is 2.69. The fourth-order valence-electron chi connectivity index (χ4n) is 1.41. The Morgan fingerprint density at radius 1 is 1.41 bits per heavy atom. The minimum Gasteiger partial charge on any atom is -0.319 e. The van der Waals surface area contributed by atoms with Crippen LogP contribution in [-0.4, -0.2) is 27.8 Å². The van der Waals surface area contributed by atoms with Gasteiger partial charge in [0.25, 0.3) is 0 Å². The van der Waals surface area contributed by atoms with Crippen molar-refractivity contribution in [3.63, 3.8) is 0 Å². The van der Waals surface area contributed by atoms with Crippen molar-refractivity contribution >= 4 is 21.6 Å². The first-order chi connectivity index (χ1) is 7.94. The van der Waals surface area contributed by atoms with Gasteiger partial charge in [-0.2, -0.15) is 0 Å². The van der Waals surface area contributed by atoms with Crippen molar-refractivity contribution in [2.45, 2.75) is 13.0 Å². The van der Waals surface area contributed by atoms with E-state index in [1.54, 1.807) is 32.2 Å². The molecule has 6 heteroatoms. The molecule has 0 radical (unpaired) electrons. The summed E-state index contributed by atoms with van der Waals surface area (Å²) < 4.78 is 26.0. The molecule has 0 aromatic heterocycles. The average Bonchev–Trinajstić information content (AvgIpc) is 2.26. The van der Waals surface area contributed by atoms with Crippen LogP contribution in [0.2, 0.25) is 5.02 Å². The second-order valence-electron chi connectivity index (χ2n) is 3.82. The van der Waals surface area contributed by atoms with Crippen LogP contribution in [0.15, 0.2) is 24.3 Å². The standard InChI is InChI=1S/C11H17ClN2O2S/c1-9(10-4-3-5-11(12)8-10)14-17(15,16)7-6-13-2/h3-5,8-9,13-14H,6-7H2,1-2H3. The summed E-state index contributed by atoms with van der Waals surface area (Å²) in [7, 11) is -1.54. The van der Waals surface area contributed by atoms with E-state index in [0.29, 0.717) is 11.6 Å². The Morgan fingerprint density at radius 2 is 2.12 bits per heavy atom. The number of hydrogen-bond acceptors (Lipinski definition) is 3. The lowest BCUT2D eigenvalue weighted by atomic mass is 10.1. The van der Waals surface area contributed by atoms with Crippen LogP contribution in [0.5, 0.6) is 0 Å². The van der Waals surface area contributed by atoms with Crippen molar-refractivity contribution in [1.29, 1.82) is 0 Å². The fourth-order valence-corrected chi connectivity index (χ4v) is 2.87. The van der Waals surface area contributed by atoms with Crippen molar-refractivity contribution in [1.82, 2.24) is 10.0 Å². The molecular weight excluding hydrogens is 260 g/mol. The Hall–Kier alpha value is -0.620. The molecule has 0 aliphatic rings. The van der Waals surface area contributed by atoms with E-state index in [1.807, 2.05) is 6.07 Å². The number of hydrogen-bond donors (Lipinski definition) is 2. The van der Waals surface area contributed by atoms with Gasteiger partial charge >= 0.3 is 0 Å². The molecule has 0 heterocycles. The van der Waals surface area contributed by atoms with Crippen LogP contribution in [0.4, 0.5) is 0 Å². The molecule has 2 N–H and O–H groups in total. The Kier molecular flexibility index (Phi) is 5.39. The molecule has 0 spiro atoms. The van der Waals surface area contributed by atoms with E-state index in [0.717, 1.165) is 5.56 Å². The Bertz CT molecular complexity index is 462. The van der Waals surface area contributed by atoms with Gasteiger partial charge in [0, 0.05) is 17.6 Å². The molecule has 1 unspecified atom stereocenters. The molecule has 1 rings (SSSR count). The zero-order chi connectivity index (χ0) is 12.9. The van der Waals surface area contributed by atoms with E-state index in [1.165, 1.54) is 0 Å². The quantitative estimate of drug-likeness (QED) is 0.829. The van der Waals surface area contributed by atoms with Gasteiger partial charge in [-0.05, 0) is 31.7 Å². The SMILES string of the molecule is CNCCS(=O)(=O)NC(C)c1cccc(Cl)c1. The first-order valence-corrected chi connectivity index (χ1v) is 7.37. The molecule has 0 bridgehead atoms. The first kappa shape index (κ1) is 14.4. The van der Waals surface area contributed by atoms with E-state index >= 15 is 0 Å². The van der Waals surface area contributed by atoms with Gasteiger partial charge in [0.15, 0.2) is 0 Å². The summed E-state index contributed by atoms with van der Waals surface area (Å²) in [6, 6.07) is 6.88. The van der Waals surface area contributed by atoms with Gasteiger partial charge in [-0.1, -0.05) is 23.7 Å². The number of nitrogens with one attached hydrogen (secondary N) is 2. The average molecular weight is 277 g/mol. The van der Waals surface area contributed by atoms with Crippen LogP contribution in [0, 0.1) is 0 Å². The van der Waals surface area contributed by atoms with Crippen LogP contribution in [0.1, 0.15) is 18.5 Å². The number of rotatable bonds is 6. The van der Waals surface area contributed by atoms with Crippen molar-refractivity contribution in [3.05, 3.63) is 34.9 Å². The normalized spacial score (nSPS) is 13.6. The lowest BCUT2D eigenvalue weighted by Crippen LogP contribution is -2.32. The Labute approximate surface area is 107 Å². The van der Waals surface area contributed by atoms with Gasteiger partial charge in [-0.25, -0.2) is 13.1 Å². The van der Waals surface area contributed by atoms with Crippen LogP contribution >= 0.6 is 11.6 Å². The highest BCUT2D eigenvalue weighted by atomic mass is 35.5. The number of benzene rings is 1. The molecular formula is C11H17ClN2O2S. The lowest BCUT2D eigenvalue weighted by molar-refractivity contribution is 0.565. The molecule has 1 aromatic carbocycles. The van der Waals surface area contributed by atoms with Gasteiger partial charge in [-0.3, -0.25) is 0 Å². The topological polar surface area (TPSA) is 58.2 Å². The van der Waals surface area contributed by atoms with Gasteiger partial charge in [0.05, 0.1) is 5.75 Å². The van der Waals surface area contributed by atoms with Crippen LogP contribution in [-0.2, 0) is 10.0 Å². The molecule has 0 amide bonds. The minimum atomic E-state index is -3.26. The highest BCUT2D eigenvalue weighted by molar-refractivity contribution is 7.89. The zero-order valence-corrected chi connectivity index (χ0v) is 11.5. The summed E-state index contributed by atoms with van der Waals surface area (Å²) in [5, 5.41) is 3.41. The highest BCUT2D eigenvalue weighted by Crippen LogP contribution is 2.17. The fraction of sp³-hybridized carbons (Fsp3) is 0.455. The molecule has 0 saturated heterocycles. The molecule has 0 aliphatic heterocycles. The summed E-state index contributed by atoms with van der Waals surface area (Å²) in [5.74, 6) is 0.0639. The zero-order valence-electron chi connectivity index (χ0n) is 9.90. The third-order valence-corrected chi connectivity index (χ3v) is 4.02. The smallest absolute Gasteiger partial charge is 0.213 e. The van der Waals surface area contributed by atoms with Gasteiger partial charge in [0.1, 0.15) is 0 Å². The van der Waals surface area contributed by atoms with Crippen LogP contribution < -0.4 is 10.0 Å². The van der Waals surface area contributed by atoms with Crippen molar-refractivity contribution in [2.24, 2.45) is 0 Å². The summed E-state index contributed by atoms with van der Waals surface area (Å²) in [6.45, 7) is 2.22. The number of halogens is 1. The maximum Gasteiger partial charge on any atom is 0.213 e. The monoisotopic (exact) mass is 276 g/mol. The summed E-state index contributed by atoms with van der Waals surface area (Å²) in [6.07, 6.45) is 0. The van der Waals surface area contributed by atoms with Crippen molar-refractivity contribution < 1.29 is 8.42 Å². The maximum atomic E-state index is 11.7. The van der Waals surface area contributed by atoms with Crippen molar-refractivity contribution in [2.75, 3.05) is 19.3 Å². The second-order valence-corrected chi connectivity index (χ2v) is 6.13. The van der Waals surface area contributed by atoms with Gasteiger partial charge in [0.2, 0.25) is 10.0 Å². The number of sulfonamides is 1. The summed E-state index contributed by atoms with van der Waals surface area (Å²) in [4.78, 5) is 0. The molecule has 0 aliphatic carbocycles. The maximum absolute atomic E-state index is 11.7. The molecule has 1 atom stereocenters. The molecule has 96 valence electrons. The van der Waals surface area contributed by atoms with Crippen molar-refractivity contribution in [3.8, 4) is 0 Å². The minimum absolute atomic E-state index is 0.0639. The highest BCUT2D eigenvalue weighted by Gasteiger charge is 2.15. The molecule has 4 nitrogen and oxygen atoms in total. The van der Waals surface area contributed by atoms with E-state index in [2.05, 4.69) is 10.0 Å². The molecule has 0 fully saturated rings. The molecule has 0 saturated carbocycles. The third kappa shape index (κ3) is 5.04. The van der Waals surface area contributed by atoms with E-state index < -0.39 is 10.0 Å². The molecule has 17 heavy (non-hydrogen) atoms.